The number of anilines is 1. The third-order valence-corrected chi connectivity index (χ3v) is 5.79. The van der Waals surface area contributed by atoms with Gasteiger partial charge in [-0.2, -0.15) is 5.26 Å². The maximum atomic E-state index is 13.4. The van der Waals surface area contributed by atoms with Crippen LogP contribution in [0.1, 0.15) is 22.3 Å². The van der Waals surface area contributed by atoms with Crippen LogP contribution in [-0.2, 0) is 11.4 Å². The van der Waals surface area contributed by atoms with Crippen molar-refractivity contribution in [3.05, 3.63) is 97.2 Å². The number of aryl methyl sites for hydroxylation is 2. The summed E-state index contributed by atoms with van der Waals surface area (Å²) in [5.74, 6) is -0.280. The number of hydrogen-bond donors (Lipinski definition) is 1. The monoisotopic (exact) mass is 556 g/mol. The molecular formula is C25H19Br2FN2O2. The molecule has 162 valence electrons. The number of carbonyl (C=O) groups is 1. The zero-order valence-electron chi connectivity index (χ0n) is 17.4. The largest absolute Gasteiger partial charge is 0.487 e. The predicted molar refractivity (Wildman–Crippen MR) is 131 cm³/mol. The number of nitrogens with one attached hydrogen (secondary N) is 1. The summed E-state index contributed by atoms with van der Waals surface area (Å²) in [6, 6.07) is 17.4. The molecule has 0 saturated carbocycles. The van der Waals surface area contributed by atoms with Gasteiger partial charge >= 0.3 is 0 Å². The second-order valence-corrected chi connectivity index (χ2v) is 8.88. The molecule has 0 atom stereocenters. The van der Waals surface area contributed by atoms with Crippen molar-refractivity contribution in [3.8, 4) is 11.8 Å². The number of nitrogens with zero attached hydrogens (tertiary/aromatic N) is 1. The highest BCUT2D eigenvalue weighted by atomic mass is 79.9. The molecular weight excluding hydrogens is 539 g/mol. The summed E-state index contributed by atoms with van der Waals surface area (Å²) >= 11 is 6.93. The molecule has 0 radical (unpaired) electrons. The summed E-state index contributed by atoms with van der Waals surface area (Å²) in [6.07, 6.45) is 1.51. The van der Waals surface area contributed by atoms with E-state index >= 15 is 0 Å². The lowest BCUT2D eigenvalue weighted by atomic mass is 10.1. The van der Waals surface area contributed by atoms with Crippen LogP contribution in [0.5, 0.6) is 5.75 Å². The maximum absolute atomic E-state index is 13.4. The van der Waals surface area contributed by atoms with Crippen LogP contribution in [0.3, 0.4) is 0 Å². The molecule has 0 heterocycles. The number of hydrogen-bond acceptors (Lipinski definition) is 3. The molecule has 3 rings (SSSR count). The van der Waals surface area contributed by atoms with Crippen LogP contribution in [0, 0.1) is 31.0 Å². The lowest BCUT2D eigenvalue weighted by Gasteiger charge is -2.12. The molecule has 0 unspecified atom stereocenters. The van der Waals surface area contributed by atoms with Gasteiger partial charge in [0.2, 0.25) is 0 Å². The molecule has 7 heteroatoms. The van der Waals surface area contributed by atoms with E-state index in [0.29, 0.717) is 31.5 Å². The number of ether oxygens (including phenoxy) is 1. The highest BCUT2D eigenvalue weighted by Crippen LogP contribution is 2.36. The van der Waals surface area contributed by atoms with Crippen molar-refractivity contribution in [2.24, 2.45) is 0 Å². The zero-order chi connectivity index (χ0) is 23.3. The molecule has 4 nitrogen and oxygen atoms in total. The molecule has 32 heavy (non-hydrogen) atoms. The van der Waals surface area contributed by atoms with Gasteiger partial charge < -0.3 is 10.1 Å². The van der Waals surface area contributed by atoms with E-state index in [-0.39, 0.29) is 18.0 Å². The Bertz CT molecular complexity index is 1230. The Morgan fingerprint density at radius 2 is 1.84 bits per heavy atom. The molecule has 0 spiro atoms. The topological polar surface area (TPSA) is 62.1 Å². The van der Waals surface area contributed by atoms with Gasteiger partial charge in [-0.05, 0) is 104 Å². The standard InChI is InChI=1S/C25H19Br2FN2O2/c1-15-6-7-16(2)23(8-15)30-25(31)19(13-29)9-18-11-21(26)24(22(27)12-18)32-14-17-4-3-5-20(28)10-17/h3-12H,14H2,1-2H3,(H,30,31)/b19-9+. The van der Waals surface area contributed by atoms with Crippen molar-refractivity contribution in [1.29, 1.82) is 5.26 Å². The van der Waals surface area contributed by atoms with Crippen molar-refractivity contribution in [1.82, 2.24) is 0 Å². The summed E-state index contributed by atoms with van der Waals surface area (Å²) in [5, 5.41) is 12.3. The van der Waals surface area contributed by atoms with Gasteiger partial charge in [-0.3, -0.25) is 4.79 Å². The molecule has 0 bridgehead atoms. The molecule has 1 amide bonds. The number of amides is 1. The van der Waals surface area contributed by atoms with E-state index in [1.807, 2.05) is 38.1 Å². The van der Waals surface area contributed by atoms with Crippen LogP contribution in [0.25, 0.3) is 6.08 Å². The Balaban J connectivity index is 1.79. The normalized spacial score (nSPS) is 11.1. The lowest BCUT2D eigenvalue weighted by Crippen LogP contribution is -2.14. The fourth-order valence-corrected chi connectivity index (χ4v) is 4.41. The van der Waals surface area contributed by atoms with Gasteiger partial charge in [0.15, 0.2) is 0 Å². The fraction of sp³-hybridized carbons (Fsp3) is 0.120. The Labute approximate surface area is 203 Å². The minimum atomic E-state index is -0.486. The first-order valence-corrected chi connectivity index (χ1v) is 11.2. The quantitative estimate of drug-likeness (QED) is 0.260. The smallest absolute Gasteiger partial charge is 0.266 e. The number of rotatable bonds is 6. The van der Waals surface area contributed by atoms with Crippen LogP contribution < -0.4 is 10.1 Å². The number of halogens is 3. The maximum Gasteiger partial charge on any atom is 0.266 e. The van der Waals surface area contributed by atoms with Crippen LogP contribution in [0.4, 0.5) is 10.1 Å². The van der Waals surface area contributed by atoms with E-state index in [2.05, 4.69) is 37.2 Å². The molecule has 0 fully saturated rings. The highest BCUT2D eigenvalue weighted by Gasteiger charge is 2.14. The van der Waals surface area contributed by atoms with Crippen molar-refractivity contribution >= 4 is 49.5 Å². The Morgan fingerprint density at radius 1 is 1.12 bits per heavy atom. The highest BCUT2D eigenvalue weighted by molar-refractivity contribution is 9.11. The Kier molecular flexibility index (Phi) is 7.84. The summed E-state index contributed by atoms with van der Waals surface area (Å²) in [6.45, 7) is 4.01. The predicted octanol–water partition coefficient (Wildman–Crippen LogP) is 7.09. The van der Waals surface area contributed by atoms with E-state index in [4.69, 9.17) is 4.74 Å². The molecule has 3 aromatic carbocycles. The van der Waals surface area contributed by atoms with E-state index in [9.17, 15) is 14.4 Å². The summed E-state index contributed by atoms with van der Waals surface area (Å²) in [7, 11) is 0. The van der Waals surface area contributed by atoms with Crippen molar-refractivity contribution < 1.29 is 13.9 Å². The first-order valence-electron chi connectivity index (χ1n) is 9.63. The second-order valence-electron chi connectivity index (χ2n) is 7.17. The first kappa shape index (κ1) is 23.7. The van der Waals surface area contributed by atoms with Gasteiger partial charge in [-0.25, -0.2) is 4.39 Å². The molecule has 0 aromatic heterocycles. The lowest BCUT2D eigenvalue weighted by molar-refractivity contribution is -0.112. The van der Waals surface area contributed by atoms with Crippen molar-refractivity contribution in [2.75, 3.05) is 5.32 Å². The van der Waals surface area contributed by atoms with Gasteiger partial charge in [0.25, 0.3) is 5.91 Å². The first-order chi connectivity index (χ1) is 15.3. The van der Waals surface area contributed by atoms with Crippen LogP contribution in [0.15, 0.2) is 69.1 Å². The minimum absolute atomic E-state index is 0.0295. The average molecular weight is 558 g/mol. The Morgan fingerprint density at radius 3 is 2.50 bits per heavy atom. The van der Waals surface area contributed by atoms with Crippen LogP contribution in [0.2, 0.25) is 0 Å². The van der Waals surface area contributed by atoms with Crippen LogP contribution in [-0.4, -0.2) is 5.91 Å². The molecule has 0 aliphatic rings. The van der Waals surface area contributed by atoms with E-state index in [0.717, 1.165) is 11.1 Å². The second kappa shape index (κ2) is 10.6. The fourth-order valence-electron chi connectivity index (χ4n) is 2.96. The van der Waals surface area contributed by atoms with Crippen molar-refractivity contribution in [2.45, 2.75) is 20.5 Å². The van der Waals surface area contributed by atoms with E-state index in [1.54, 1.807) is 24.3 Å². The summed E-state index contributed by atoms with van der Waals surface area (Å²) < 4.78 is 20.4. The van der Waals surface area contributed by atoms with Crippen molar-refractivity contribution in [3.63, 3.8) is 0 Å². The molecule has 3 aromatic rings. The number of carbonyl (C=O) groups excluding carboxylic acids is 1. The minimum Gasteiger partial charge on any atom is -0.487 e. The molecule has 0 saturated heterocycles. The van der Waals surface area contributed by atoms with Crippen LogP contribution >= 0.6 is 31.9 Å². The SMILES string of the molecule is Cc1ccc(C)c(NC(=O)/C(C#N)=C/c2cc(Br)c(OCc3cccc(F)c3)c(Br)c2)c1. The molecule has 1 N–H and O–H groups in total. The van der Waals surface area contributed by atoms with Gasteiger partial charge in [0.05, 0.1) is 8.95 Å². The molecule has 0 aliphatic heterocycles. The van der Waals surface area contributed by atoms with Gasteiger partial charge in [0.1, 0.15) is 29.8 Å². The third kappa shape index (κ3) is 6.06. The van der Waals surface area contributed by atoms with E-state index in [1.165, 1.54) is 18.2 Å². The third-order valence-electron chi connectivity index (χ3n) is 4.61. The number of benzene rings is 3. The van der Waals surface area contributed by atoms with Gasteiger partial charge in [-0.1, -0.05) is 24.3 Å². The van der Waals surface area contributed by atoms with E-state index < -0.39 is 5.91 Å². The molecule has 0 aliphatic carbocycles. The van der Waals surface area contributed by atoms with Gasteiger partial charge in [-0.15, -0.1) is 0 Å². The number of nitriles is 1. The average Bonchev–Trinajstić information content (AvgIpc) is 2.74. The Hall–Kier alpha value is -2.95. The summed E-state index contributed by atoms with van der Waals surface area (Å²) in [4.78, 5) is 12.7. The zero-order valence-corrected chi connectivity index (χ0v) is 20.6. The summed E-state index contributed by atoms with van der Waals surface area (Å²) in [5.41, 5.74) is 3.89. The van der Waals surface area contributed by atoms with Gasteiger partial charge in [0, 0.05) is 5.69 Å².